The van der Waals surface area contributed by atoms with Crippen LogP contribution in [0.15, 0.2) is 16.7 Å². The lowest BCUT2D eigenvalue weighted by Crippen LogP contribution is -2.29. The first kappa shape index (κ1) is 11.8. The van der Waals surface area contributed by atoms with Gasteiger partial charge in [0.2, 0.25) is 5.91 Å². The van der Waals surface area contributed by atoms with Crippen LogP contribution < -0.4 is 10.6 Å². The number of aromatic nitrogens is 1. The molecule has 4 nitrogen and oxygen atoms in total. The van der Waals surface area contributed by atoms with E-state index in [1.165, 1.54) is 0 Å². The number of carbonyl (C=O) groups is 1. The van der Waals surface area contributed by atoms with Crippen LogP contribution in [-0.4, -0.2) is 23.5 Å². The minimum atomic E-state index is -0.103. The Labute approximate surface area is 107 Å². The van der Waals surface area contributed by atoms with E-state index in [-0.39, 0.29) is 5.91 Å². The lowest BCUT2D eigenvalue weighted by atomic mass is 10.4. The number of pyridine rings is 1. The zero-order chi connectivity index (χ0) is 11.5. The molecule has 2 N–H and O–H groups in total. The second-order valence-electron chi connectivity index (χ2n) is 3.70. The predicted octanol–water partition coefficient (Wildman–Crippen LogP) is 2.19. The Morgan fingerprint density at radius 2 is 2.38 bits per heavy atom. The van der Waals surface area contributed by atoms with Crippen LogP contribution in [0.25, 0.3) is 0 Å². The maximum Gasteiger partial charge on any atom is 0.238 e. The highest BCUT2D eigenvalue weighted by Crippen LogP contribution is 2.23. The Kier molecular flexibility index (Phi) is 3.78. The van der Waals surface area contributed by atoms with E-state index in [0.717, 1.165) is 17.3 Å². The molecule has 1 aromatic heterocycles. The SMILES string of the molecule is O=C(CNC1CC1)Nc1cc(Br)cnc1Cl. The molecule has 1 aromatic rings. The quantitative estimate of drug-likeness (QED) is 0.838. The second-order valence-corrected chi connectivity index (χ2v) is 4.97. The highest BCUT2D eigenvalue weighted by atomic mass is 79.9. The summed E-state index contributed by atoms with van der Waals surface area (Å²) in [5.74, 6) is -0.103. The van der Waals surface area contributed by atoms with Crippen LogP contribution in [0.2, 0.25) is 5.15 Å². The fourth-order valence-electron chi connectivity index (χ4n) is 1.23. The maximum absolute atomic E-state index is 11.5. The minimum absolute atomic E-state index is 0.103. The number of hydrogen-bond donors (Lipinski definition) is 2. The van der Waals surface area contributed by atoms with E-state index in [2.05, 4.69) is 31.5 Å². The van der Waals surface area contributed by atoms with E-state index in [1.54, 1.807) is 12.3 Å². The van der Waals surface area contributed by atoms with Crippen molar-refractivity contribution in [3.8, 4) is 0 Å². The highest BCUT2D eigenvalue weighted by Gasteiger charge is 2.21. The average Bonchev–Trinajstić information content (AvgIpc) is 3.04. The summed E-state index contributed by atoms with van der Waals surface area (Å²) in [4.78, 5) is 15.5. The third-order valence-corrected chi connectivity index (χ3v) is 2.94. The van der Waals surface area contributed by atoms with Crippen LogP contribution in [-0.2, 0) is 4.79 Å². The van der Waals surface area contributed by atoms with Gasteiger partial charge in [0.05, 0.1) is 12.2 Å². The summed E-state index contributed by atoms with van der Waals surface area (Å²) in [5, 5.41) is 6.13. The molecule has 0 bridgehead atoms. The molecule has 86 valence electrons. The molecule has 0 aliphatic heterocycles. The van der Waals surface area contributed by atoms with Gasteiger partial charge < -0.3 is 10.6 Å². The molecule has 16 heavy (non-hydrogen) atoms. The zero-order valence-corrected chi connectivity index (χ0v) is 10.8. The lowest BCUT2D eigenvalue weighted by molar-refractivity contribution is -0.115. The average molecular weight is 305 g/mol. The lowest BCUT2D eigenvalue weighted by Gasteiger charge is -2.07. The van der Waals surface area contributed by atoms with Gasteiger partial charge in [-0.05, 0) is 34.8 Å². The topological polar surface area (TPSA) is 54.0 Å². The summed E-state index contributed by atoms with van der Waals surface area (Å²) in [6.45, 7) is 0.313. The zero-order valence-electron chi connectivity index (χ0n) is 8.46. The molecule has 1 aliphatic rings. The molecule has 0 spiro atoms. The number of rotatable bonds is 4. The summed E-state index contributed by atoms with van der Waals surface area (Å²) in [7, 11) is 0. The summed E-state index contributed by atoms with van der Waals surface area (Å²) < 4.78 is 0.780. The number of anilines is 1. The van der Waals surface area contributed by atoms with Gasteiger partial charge >= 0.3 is 0 Å². The van der Waals surface area contributed by atoms with Gasteiger partial charge in [0.1, 0.15) is 0 Å². The highest BCUT2D eigenvalue weighted by molar-refractivity contribution is 9.10. The Morgan fingerprint density at radius 3 is 3.06 bits per heavy atom. The molecule has 6 heteroatoms. The smallest absolute Gasteiger partial charge is 0.238 e. The summed E-state index contributed by atoms with van der Waals surface area (Å²) >= 11 is 9.12. The van der Waals surface area contributed by atoms with E-state index in [0.29, 0.717) is 23.4 Å². The molecular formula is C10H11BrClN3O. The summed E-state index contributed by atoms with van der Waals surface area (Å²) in [5.41, 5.74) is 0.527. The maximum atomic E-state index is 11.5. The van der Waals surface area contributed by atoms with Crippen molar-refractivity contribution in [3.05, 3.63) is 21.9 Å². The van der Waals surface area contributed by atoms with Gasteiger partial charge in [-0.3, -0.25) is 4.79 Å². The predicted molar refractivity (Wildman–Crippen MR) is 66.6 cm³/mol. The monoisotopic (exact) mass is 303 g/mol. The summed E-state index contributed by atoms with van der Waals surface area (Å²) in [6.07, 6.45) is 3.90. The van der Waals surface area contributed by atoms with Crippen LogP contribution >= 0.6 is 27.5 Å². The van der Waals surface area contributed by atoms with Gasteiger partial charge in [-0.15, -0.1) is 0 Å². The minimum Gasteiger partial charge on any atom is -0.322 e. The standard InChI is InChI=1S/C10H11BrClN3O/c11-6-3-8(10(12)14-4-6)15-9(16)5-13-7-1-2-7/h3-4,7,13H,1-2,5H2,(H,15,16). The molecule has 0 unspecified atom stereocenters. The van der Waals surface area contributed by atoms with Crippen LogP contribution in [0.4, 0.5) is 5.69 Å². The van der Waals surface area contributed by atoms with Crippen molar-refractivity contribution in [1.82, 2.24) is 10.3 Å². The molecule has 0 atom stereocenters. The Morgan fingerprint density at radius 1 is 1.62 bits per heavy atom. The van der Waals surface area contributed by atoms with Crippen molar-refractivity contribution in [2.24, 2.45) is 0 Å². The van der Waals surface area contributed by atoms with Crippen LogP contribution in [0.1, 0.15) is 12.8 Å². The first-order valence-corrected chi connectivity index (χ1v) is 6.16. The molecule has 1 amide bonds. The van der Waals surface area contributed by atoms with Crippen LogP contribution in [0.5, 0.6) is 0 Å². The fourth-order valence-corrected chi connectivity index (χ4v) is 1.71. The normalized spacial score (nSPS) is 14.9. The van der Waals surface area contributed by atoms with Crippen molar-refractivity contribution < 1.29 is 4.79 Å². The van der Waals surface area contributed by atoms with E-state index in [9.17, 15) is 4.79 Å². The fraction of sp³-hybridized carbons (Fsp3) is 0.400. The van der Waals surface area contributed by atoms with E-state index in [4.69, 9.17) is 11.6 Å². The number of carbonyl (C=O) groups excluding carboxylic acids is 1. The number of halogens is 2. The number of nitrogens with one attached hydrogen (secondary N) is 2. The van der Waals surface area contributed by atoms with Crippen molar-refractivity contribution in [1.29, 1.82) is 0 Å². The van der Waals surface area contributed by atoms with Crippen molar-refractivity contribution in [2.45, 2.75) is 18.9 Å². The molecule has 1 heterocycles. The van der Waals surface area contributed by atoms with Crippen molar-refractivity contribution >= 4 is 39.1 Å². The summed E-state index contributed by atoms with van der Waals surface area (Å²) in [6, 6.07) is 2.24. The molecule has 1 aliphatic carbocycles. The van der Waals surface area contributed by atoms with E-state index < -0.39 is 0 Å². The molecule has 2 rings (SSSR count). The molecule has 1 saturated carbocycles. The molecule has 0 aromatic carbocycles. The van der Waals surface area contributed by atoms with Gasteiger partial charge in [-0.1, -0.05) is 11.6 Å². The largest absolute Gasteiger partial charge is 0.322 e. The number of nitrogens with zero attached hydrogens (tertiary/aromatic N) is 1. The third-order valence-electron chi connectivity index (χ3n) is 2.21. The number of amides is 1. The first-order chi connectivity index (χ1) is 7.65. The third kappa shape index (κ3) is 3.43. The Balaban J connectivity index is 1.91. The van der Waals surface area contributed by atoms with Crippen LogP contribution in [0.3, 0.4) is 0 Å². The van der Waals surface area contributed by atoms with E-state index >= 15 is 0 Å². The van der Waals surface area contributed by atoms with E-state index in [1.807, 2.05) is 0 Å². The van der Waals surface area contributed by atoms with Gasteiger partial charge in [0, 0.05) is 16.7 Å². The van der Waals surface area contributed by atoms with Gasteiger partial charge in [0.15, 0.2) is 5.15 Å². The van der Waals surface area contributed by atoms with Crippen LogP contribution in [0, 0.1) is 0 Å². The van der Waals surface area contributed by atoms with Gasteiger partial charge in [0.25, 0.3) is 0 Å². The molecule has 0 radical (unpaired) electrons. The second kappa shape index (κ2) is 5.12. The molecule has 0 saturated heterocycles. The van der Waals surface area contributed by atoms with Gasteiger partial charge in [-0.2, -0.15) is 0 Å². The van der Waals surface area contributed by atoms with Crippen molar-refractivity contribution in [2.75, 3.05) is 11.9 Å². The van der Waals surface area contributed by atoms with Gasteiger partial charge in [-0.25, -0.2) is 4.98 Å². The number of hydrogen-bond acceptors (Lipinski definition) is 3. The van der Waals surface area contributed by atoms with Crippen molar-refractivity contribution in [3.63, 3.8) is 0 Å². The Bertz CT molecular complexity index is 409. The molecular weight excluding hydrogens is 293 g/mol. The molecule has 1 fully saturated rings. The first-order valence-electron chi connectivity index (χ1n) is 4.99. The Hall–Kier alpha value is -0.650.